The SMILES string of the molecule is [Rh+2].[c-]1ccccc1-c1ccccn1.[c-]1ccccc1-c1ccccn1. The second kappa shape index (κ2) is 10.3. The van der Waals surface area contributed by atoms with Gasteiger partial charge in [-0.15, -0.1) is 71.8 Å². The molecule has 0 spiro atoms. The van der Waals surface area contributed by atoms with E-state index in [0.717, 1.165) is 22.5 Å². The van der Waals surface area contributed by atoms with Crippen molar-refractivity contribution in [3.05, 3.63) is 109 Å². The van der Waals surface area contributed by atoms with Crippen molar-refractivity contribution in [2.75, 3.05) is 0 Å². The Labute approximate surface area is 161 Å². The Balaban J connectivity index is 0.000000173. The van der Waals surface area contributed by atoms with E-state index in [4.69, 9.17) is 0 Å². The molecular formula is C22H16N2Rh. The van der Waals surface area contributed by atoms with Crippen LogP contribution in [0.1, 0.15) is 0 Å². The number of pyridine rings is 2. The summed E-state index contributed by atoms with van der Waals surface area (Å²) in [4.78, 5) is 8.44. The fourth-order valence-electron chi connectivity index (χ4n) is 2.15. The van der Waals surface area contributed by atoms with E-state index in [1.807, 2.05) is 84.9 Å². The minimum absolute atomic E-state index is 0. The van der Waals surface area contributed by atoms with Crippen LogP contribution in [-0.2, 0) is 19.5 Å². The minimum atomic E-state index is 0. The Kier molecular flexibility index (Phi) is 7.68. The van der Waals surface area contributed by atoms with Crippen molar-refractivity contribution in [2.45, 2.75) is 0 Å². The van der Waals surface area contributed by atoms with Gasteiger partial charge in [0, 0.05) is 12.4 Å². The van der Waals surface area contributed by atoms with Crippen LogP contribution in [0.15, 0.2) is 97.3 Å². The van der Waals surface area contributed by atoms with Crippen LogP contribution in [0.4, 0.5) is 0 Å². The van der Waals surface area contributed by atoms with E-state index < -0.39 is 0 Å². The van der Waals surface area contributed by atoms with Gasteiger partial charge in [-0.3, -0.25) is 0 Å². The third-order valence-electron chi connectivity index (χ3n) is 3.30. The van der Waals surface area contributed by atoms with Crippen molar-refractivity contribution in [1.29, 1.82) is 0 Å². The zero-order valence-electron chi connectivity index (χ0n) is 13.5. The third-order valence-corrected chi connectivity index (χ3v) is 3.30. The summed E-state index contributed by atoms with van der Waals surface area (Å²) in [6.07, 6.45) is 3.58. The van der Waals surface area contributed by atoms with Crippen molar-refractivity contribution >= 4 is 0 Å². The average molecular weight is 411 g/mol. The van der Waals surface area contributed by atoms with Crippen LogP contribution >= 0.6 is 0 Å². The molecule has 0 atom stereocenters. The van der Waals surface area contributed by atoms with Crippen LogP contribution < -0.4 is 0 Å². The second-order valence-electron chi connectivity index (χ2n) is 4.98. The number of benzene rings is 2. The van der Waals surface area contributed by atoms with Gasteiger partial charge < -0.3 is 9.97 Å². The molecule has 4 rings (SSSR count). The number of aromatic nitrogens is 2. The molecule has 0 saturated heterocycles. The van der Waals surface area contributed by atoms with Gasteiger partial charge >= 0.3 is 19.5 Å². The first-order valence-corrected chi connectivity index (χ1v) is 7.70. The molecule has 25 heavy (non-hydrogen) atoms. The second-order valence-corrected chi connectivity index (χ2v) is 4.98. The van der Waals surface area contributed by atoms with E-state index in [9.17, 15) is 0 Å². The van der Waals surface area contributed by atoms with Crippen molar-refractivity contribution in [2.24, 2.45) is 0 Å². The van der Waals surface area contributed by atoms with Crippen LogP contribution in [0.2, 0.25) is 0 Å². The van der Waals surface area contributed by atoms with Gasteiger partial charge in [-0.25, -0.2) is 0 Å². The predicted octanol–water partition coefficient (Wildman–Crippen LogP) is 5.10. The Morgan fingerprint density at radius 3 is 1.28 bits per heavy atom. The summed E-state index contributed by atoms with van der Waals surface area (Å²) in [6.45, 7) is 0. The normalized spacial score (nSPS) is 9.28. The largest absolute Gasteiger partial charge is 2.00 e. The van der Waals surface area contributed by atoms with Gasteiger partial charge in [-0.2, -0.15) is 0 Å². The molecule has 0 amide bonds. The Hall–Kier alpha value is -2.64. The van der Waals surface area contributed by atoms with Crippen molar-refractivity contribution in [3.63, 3.8) is 0 Å². The molecule has 0 fully saturated rings. The molecular weight excluding hydrogens is 395 g/mol. The van der Waals surface area contributed by atoms with E-state index in [1.165, 1.54) is 0 Å². The number of hydrogen-bond acceptors (Lipinski definition) is 2. The maximum Gasteiger partial charge on any atom is 2.00 e. The van der Waals surface area contributed by atoms with Crippen molar-refractivity contribution in [3.8, 4) is 22.5 Å². The van der Waals surface area contributed by atoms with Crippen molar-refractivity contribution in [1.82, 2.24) is 9.97 Å². The summed E-state index contributed by atoms with van der Waals surface area (Å²) in [5.74, 6) is 0. The molecule has 2 aromatic carbocycles. The van der Waals surface area contributed by atoms with Gasteiger partial charge in [-0.05, 0) is 23.5 Å². The molecule has 0 N–H and O–H groups in total. The van der Waals surface area contributed by atoms with Crippen LogP contribution in [-0.4, -0.2) is 9.97 Å². The summed E-state index contributed by atoms with van der Waals surface area (Å²) >= 11 is 0. The van der Waals surface area contributed by atoms with Crippen LogP contribution in [0.25, 0.3) is 22.5 Å². The maximum atomic E-state index is 4.22. The monoisotopic (exact) mass is 411 g/mol. The van der Waals surface area contributed by atoms with Gasteiger partial charge in [-0.1, -0.05) is 24.3 Å². The zero-order chi connectivity index (χ0) is 16.5. The number of nitrogens with zero attached hydrogens (tertiary/aromatic N) is 2. The predicted molar refractivity (Wildman–Crippen MR) is 97.0 cm³/mol. The first-order valence-electron chi connectivity index (χ1n) is 7.70. The first-order chi connectivity index (χ1) is 11.9. The minimum Gasteiger partial charge on any atom is -0.305 e. The molecule has 0 aliphatic heterocycles. The summed E-state index contributed by atoms with van der Waals surface area (Å²) in [6, 6.07) is 33.6. The van der Waals surface area contributed by atoms with E-state index in [1.54, 1.807) is 12.4 Å². The molecule has 3 heteroatoms. The Morgan fingerprint density at radius 1 is 0.520 bits per heavy atom. The molecule has 4 aromatic rings. The number of rotatable bonds is 2. The summed E-state index contributed by atoms with van der Waals surface area (Å²) in [5, 5.41) is 0. The van der Waals surface area contributed by atoms with E-state index in [-0.39, 0.29) is 19.5 Å². The summed E-state index contributed by atoms with van der Waals surface area (Å²) < 4.78 is 0. The fraction of sp³-hybridized carbons (Fsp3) is 0. The van der Waals surface area contributed by atoms with Crippen molar-refractivity contribution < 1.29 is 19.5 Å². The molecule has 2 heterocycles. The third kappa shape index (κ3) is 5.74. The Morgan fingerprint density at radius 2 is 0.960 bits per heavy atom. The molecule has 0 aliphatic carbocycles. The van der Waals surface area contributed by atoms with E-state index >= 15 is 0 Å². The van der Waals surface area contributed by atoms with Gasteiger partial charge in [0.1, 0.15) is 0 Å². The molecule has 0 bridgehead atoms. The smallest absolute Gasteiger partial charge is 0.305 e. The zero-order valence-corrected chi connectivity index (χ0v) is 15.1. The summed E-state index contributed by atoms with van der Waals surface area (Å²) in [7, 11) is 0. The van der Waals surface area contributed by atoms with Gasteiger partial charge in [0.05, 0.1) is 0 Å². The maximum absolute atomic E-state index is 4.22. The molecule has 0 unspecified atom stereocenters. The van der Waals surface area contributed by atoms with Crippen LogP contribution in [0.3, 0.4) is 0 Å². The molecule has 123 valence electrons. The molecule has 0 aliphatic rings. The summed E-state index contributed by atoms with van der Waals surface area (Å²) in [5.41, 5.74) is 4.02. The van der Waals surface area contributed by atoms with Gasteiger partial charge in [0.2, 0.25) is 0 Å². The Bertz CT molecular complexity index is 686. The topological polar surface area (TPSA) is 25.8 Å². The molecule has 2 aromatic heterocycles. The van der Waals surface area contributed by atoms with Crippen LogP contribution in [0, 0.1) is 12.1 Å². The quantitative estimate of drug-likeness (QED) is 0.339. The van der Waals surface area contributed by atoms with E-state index in [0.29, 0.717) is 0 Å². The molecule has 0 saturated carbocycles. The van der Waals surface area contributed by atoms with Crippen LogP contribution in [0.5, 0.6) is 0 Å². The van der Waals surface area contributed by atoms with Gasteiger partial charge in [0.25, 0.3) is 0 Å². The van der Waals surface area contributed by atoms with Gasteiger partial charge in [0.15, 0.2) is 0 Å². The van der Waals surface area contributed by atoms with E-state index in [2.05, 4.69) is 22.1 Å². The molecule has 1 radical (unpaired) electrons. The number of hydrogen-bond donors (Lipinski definition) is 0. The average Bonchev–Trinajstić information content (AvgIpc) is 2.71. The standard InChI is InChI=1S/2C11H8N.Rh/c2*1-2-6-10(7-3-1)11-8-4-5-9-12-11;/h2*1-6,8-9H;/q2*-1;+2. The fourth-order valence-corrected chi connectivity index (χ4v) is 2.15. The molecule has 2 nitrogen and oxygen atoms in total. The first kappa shape index (κ1) is 18.7.